The molecule has 1 aliphatic rings. The summed E-state index contributed by atoms with van der Waals surface area (Å²) in [6.45, 7) is 3.79. The third-order valence-corrected chi connectivity index (χ3v) is 6.76. The molecule has 0 aliphatic carbocycles. The van der Waals surface area contributed by atoms with Crippen molar-refractivity contribution in [1.29, 1.82) is 0 Å². The number of amides is 1. The number of carbonyl (C=O) groups is 1. The van der Waals surface area contributed by atoms with Gasteiger partial charge in [-0.15, -0.1) is 0 Å². The average molecular weight is 484 g/mol. The Labute approximate surface area is 192 Å². The van der Waals surface area contributed by atoms with Crippen LogP contribution in [0.2, 0.25) is 5.02 Å². The molecule has 0 spiro atoms. The summed E-state index contributed by atoms with van der Waals surface area (Å²) in [6.07, 6.45) is -3.36. The first-order valence-corrected chi connectivity index (χ1v) is 11.4. The van der Waals surface area contributed by atoms with Crippen LogP contribution in [0.25, 0.3) is 10.2 Å². The zero-order valence-corrected chi connectivity index (χ0v) is 18.8. The van der Waals surface area contributed by atoms with Crippen molar-refractivity contribution in [2.24, 2.45) is 5.92 Å². The number of thiazole rings is 1. The van der Waals surface area contributed by atoms with E-state index in [2.05, 4.69) is 15.2 Å². The molecule has 1 N–H and O–H groups in total. The second-order valence-electron chi connectivity index (χ2n) is 7.50. The molecule has 1 saturated heterocycles. The van der Waals surface area contributed by atoms with E-state index in [1.807, 2.05) is 25.1 Å². The fourth-order valence-electron chi connectivity index (χ4n) is 3.65. The molecule has 4 rings (SSSR count). The number of rotatable bonds is 5. The van der Waals surface area contributed by atoms with Crippen LogP contribution in [0.4, 0.5) is 24.0 Å². The molecule has 5 nitrogen and oxygen atoms in total. The molecule has 0 bridgehead atoms. The molecule has 2 aromatic carbocycles. The first kappa shape index (κ1) is 22.7. The second-order valence-corrected chi connectivity index (χ2v) is 8.92. The Morgan fingerprint density at radius 3 is 2.69 bits per heavy atom. The summed E-state index contributed by atoms with van der Waals surface area (Å²) < 4.78 is 45.5. The fourth-order valence-corrected chi connectivity index (χ4v) is 4.86. The molecule has 2 heterocycles. The Bertz CT molecular complexity index is 1130. The van der Waals surface area contributed by atoms with E-state index in [4.69, 9.17) is 16.3 Å². The fraction of sp³-hybridized carbons (Fsp3) is 0.364. The zero-order chi connectivity index (χ0) is 22.9. The Kier molecular flexibility index (Phi) is 6.48. The maximum atomic E-state index is 13.0. The van der Waals surface area contributed by atoms with Gasteiger partial charge in [0.2, 0.25) is 5.91 Å². The topological polar surface area (TPSA) is 54.5 Å². The number of benzene rings is 2. The first-order valence-electron chi connectivity index (χ1n) is 10.2. The van der Waals surface area contributed by atoms with E-state index >= 15 is 0 Å². The normalized spacial score (nSPS) is 15.2. The van der Waals surface area contributed by atoms with Gasteiger partial charge in [-0.05, 0) is 56.2 Å². The number of nitrogens with zero attached hydrogens (tertiary/aromatic N) is 2. The summed E-state index contributed by atoms with van der Waals surface area (Å²) in [4.78, 5) is 19.5. The molecule has 32 heavy (non-hydrogen) atoms. The lowest BCUT2D eigenvalue weighted by atomic mass is 9.96. The molecule has 0 saturated carbocycles. The highest BCUT2D eigenvalue weighted by atomic mass is 35.5. The van der Waals surface area contributed by atoms with Gasteiger partial charge < -0.3 is 15.0 Å². The lowest BCUT2D eigenvalue weighted by molar-refractivity contribution is -0.137. The van der Waals surface area contributed by atoms with Gasteiger partial charge >= 0.3 is 6.18 Å². The van der Waals surface area contributed by atoms with E-state index in [1.165, 1.54) is 0 Å². The summed E-state index contributed by atoms with van der Waals surface area (Å²) in [6, 6.07) is 8.70. The van der Waals surface area contributed by atoms with Crippen LogP contribution in [0.5, 0.6) is 5.75 Å². The van der Waals surface area contributed by atoms with Crippen molar-refractivity contribution in [3.05, 3.63) is 47.0 Å². The predicted molar refractivity (Wildman–Crippen MR) is 121 cm³/mol. The van der Waals surface area contributed by atoms with Crippen molar-refractivity contribution in [2.75, 3.05) is 29.9 Å². The third kappa shape index (κ3) is 4.94. The van der Waals surface area contributed by atoms with E-state index < -0.39 is 11.7 Å². The van der Waals surface area contributed by atoms with Crippen LogP contribution in [-0.2, 0) is 11.0 Å². The summed E-state index contributed by atoms with van der Waals surface area (Å²) in [5.41, 5.74) is 0.0213. The Morgan fingerprint density at radius 1 is 1.25 bits per heavy atom. The summed E-state index contributed by atoms with van der Waals surface area (Å²) in [5.74, 6) is 0.172. The number of aromatic nitrogens is 1. The number of anilines is 2. The molecule has 170 valence electrons. The van der Waals surface area contributed by atoms with Crippen molar-refractivity contribution < 1.29 is 22.7 Å². The van der Waals surface area contributed by atoms with Gasteiger partial charge in [-0.25, -0.2) is 4.98 Å². The molecule has 1 amide bonds. The van der Waals surface area contributed by atoms with Crippen LogP contribution >= 0.6 is 22.9 Å². The summed E-state index contributed by atoms with van der Waals surface area (Å²) in [7, 11) is 0. The summed E-state index contributed by atoms with van der Waals surface area (Å²) in [5, 5.41) is 3.53. The van der Waals surface area contributed by atoms with Gasteiger partial charge in [-0.2, -0.15) is 13.2 Å². The average Bonchev–Trinajstić information content (AvgIpc) is 3.18. The highest BCUT2D eigenvalue weighted by molar-refractivity contribution is 7.22. The number of piperidine rings is 1. The minimum atomic E-state index is -4.50. The number of hydrogen-bond acceptors (Lipinski definition) is 5. The number of halogens is 4. The van der Waals surface area contributed by atoms with Crippen LogP contribution in [0.3, 0.4) is 0 Å². The molecule has 0 atom stereocenters. The Hall–Kier alpha value is -2.52. The Morgan fingerprint density at radius 2 is 2.00 bits per heavy atom. The van der Waals surface area contributed by atoms with Gasteiger partial charge in [0.1, 0.15) is 5.75 Å². The first-order chi connectivity index (χ1) is 15.2. The standard InChI is InChI=1S/C22H21ClF3N3O2S/c1-2-31-15-4-6-17-19(12-15)32-21(28-17)29-9-7-13(8-10-29)20(30)27-18-11-14(22(24,25)26)3-5-16(18)23/h3-6,11-13H,2,7-10H2,1H3,(H,27,30). The zero-order valence-electron chi connectivity index (χ0n) is 17.2. The predicted octanol–water partition coefficient (Wildman–Crippen LogP) is 6.22. The van der Waals surface area contributed by atoms with Crippen LogP contribution in [0, 0.1) is 5.92 Å². The smallest absolute Gasteiger partial charge is 0.416 e. The van der Waals surface area contributed by atoms with Crippen molar-refractivity contribution >= 4 is 49.9 Å². The molecule has 0 radical (unpaired) electrons. The van der Waals surface area contributed by atoms with Gasteiger partial charge in [0.25, 0.3) is 0 Å². The number of fused-ring (bicyclic) bond motifs is 1. The minimum absolute atomic E-state index is 0.0230. The molecule has 1 fully saturated rings. The van der Waals surface area contributed by atoms with Crippen molar-refractivity contribution in [2.45, 2.75) is 25.9 Å². The van der Waals surface area contributed by atoms with Gasteiger partial charge in [0, 0.05) is 19.0 Å². The minimum Gasteiger partial charge on any atom is -0.494 e. The lowest BCUT2D eigenvalue weighted by Crippen LogP contribution is -2.38. The van der Waals surface area contributed by atoms with Gasteiger partial charge in [0.05, 0.1) is 33.1 Å². The van der Waals surface area contributed by atoms with Crippen molar-refractivity contribution in [1.82, 2.24) is 4.98 Å². The number of nitrogens with one attached hydrogen (secondary N) is 1. The van der Waals surface area contributed by atoms with Crippen LogP contribution < -0.4 is 15.0 Å². The molecular weight excluding hydrogens is 463 g/mol. The monoisotopic (exact) mass is 483 g/mol. The van der Waals surface area contributed by atoms with Gasteiger partial charge in [0.15, 0.2) is 5.13 Å². The van der Waals surface area contributed by atoms with E-state index in [0.29, 0.717) is 32.5 Å². The lowest BCUT2D eigenvalue weighted by Gasteiger charge is -2.31. The van der Waals surface area contributed by atoms with Crippen LogP contribution in [-0.4, -0.2) is 30.6 Å². The van der Waals surface area contributed by atoms with Gasteiger partial charge in [-0.3, -0.25) is 4.79 Å². The van der Waals surface area contributed by atoms with E-state index in [0.717, 1.165) is 39.3 Å². The number of alkyl halides is 3. The maximum absolute atomic E-state index is 13.0. The third-order valence-electron chi connectivity index (χ3n) is 5.35. The van der Waals surface area contributed by atoms with Gasteiger partial charge in [-0.1, -0.05) is 22.9 Å². The number of hydrogen-bond donors (Lipinski definition) is 1. The molecule has 3 aromatic rings. The maximum Gasteiger partial charge on any atom is 0.416 e. The van der Waals surface area contributed by atoms with Crippen LogP contribution in [0.15, 0.2) is 36.4 Å². The van der Waals surface area contributed by atoms with Crippen molar-refractivity contribution in [3.8, 4) is 5.75 Å². The van der Waals surface area contributed by atoms with E-state index in [-0.39, 0.29) is 22.5 Å². The molecular formula is C22H21ClF3N3O2S. The molecule has 0 unspecified atom stereocenters. The van der Waals surface area contributed by atoms with E-state index in [1.54, 1.807) is 11.3 Å². The number of ether oxygens (including phenoxy) is 1. The summed E-state index contributed by atoms with van der Waals surface area (Å²) >= 11 is 7.57. The number of carbonyl (C=O) groups excluding carboxylic acids is 1. The molecule has 1 aromatic heterocycles. The highest BCUT2D eigenvalue weighted by Crippen LogP contribution is 2.36. The molecule has 10 heteroatoms. The van der Waals surface area contributed by atoms with Crippen LogP contribution in [0.1, 0.15) is 25.3 Å². The quantitative estimate of drug-likeness (QED) is 0.468. The second kappa shape index (κ2) is 9.15. The van der Waals surface area contributed by atoms with Crippen molar-refractivity contribution in [3.63, 3.8) is 0 Å². The highest BCUT2D eigenvalue weighted by Gasteiger charge is 2.32. The largest absolute Gasteiger partial charge is 0.494 e. The Balaban J connectivity index is 1.39. The van der Waals surface area contributed by atoms with E-state index in [9.17, 15) is 18.0 Å². The molecule has 1 aliphatic heterocycles. The SMILES string of the molecule is CCOc1ccc2nc(N3CCC(C(=O)Nc4cc(C(F)(F)F)ccc4Cl)CC3)sc2c1.